The molecule has 0 atom stereocenters. The molecule has 0 radical (unpaired) electrons. The normalized spacial score (nSPS) is 19.3. The molecule has 0 spiro atoms. The standard InChI is InChI=1S/C18H28N4O2/c1-21(16-6-7-16)18(19)20-14-15-4-2-3-5-17(15)24-13-10-22-8-11-23-12-9-22/h2-5,16H,6-14H2,1H3,(H2,19,20). The molecule has 1 heterocycles. The van der Waals surface area contributed by atoms with Crippen molar-refractivity contribution in [1.29, 1.82) is 0 Å². The third kappa shape index (κ3) is 4.85. The summed E-state index contributed by atoms with van der Waals surface area (Å²) in [6.07, 6.45) is 2.43. The molecule has 3 rings (SSSR count). The predicted octanol–water partition coefficient (Wildman–Crippen LogP) is 1.31. The lowest BCUT2D eigenvalue weighted by Gasteiger charge is -2.26. The van der Waals surface area contributed by atoms with E-state index >= 15 is 0 Å². The van der Waals surface area contributed by atoms with Crippen LogP contribution in [-0.4, -0.2) is 68.3 Å². The Balaban J connectivity index is 1.51. The molecule has 1 saturated heterocycles. The largest absolute Gasteiger partial charge is 0.492 e. The summed E-state index contributed by atoms with van der Waals surface area (Å²) in [5, 5.41) is 0. The third-order valence-corrected chi connectivity index (χ3v) is 4.61. The maximum Gasteiger partial charge on any atom is 0.191 e. The second-order valence-corrected chi connectivity index (χ2v) is 6.43. The van der Waals surface area contributed by atoms with Gasteiger partial charge in [-0.05, 0) is 18.9 Å². The van der Waals surface area contributed by atoms with Crippen LogP contribution < -0.4 is 10.5 Å². The summed E-state index contributed by atoms with van der Waals surface area (Å²) >= 11 is 0. The van der Waals surface area contributed by atoms with Gasteiger partial charge in [-0.2, -0.15) is 0 Å². The first-order chi connectivity index (χ1) is 11.7. The number of para-hydroxylation sites is 1. The van der Waals surface area contributed by atoms with E-state index in [-0.39, 0.29) is 0 Å². The molecule has 0 bridgehead atoms. The second-order valence-electron chi connectivity index (χ2n) is 6.43. The highest BCUT2D eigenvalue weighted by Gasteiger charge is 2.27. The van der Waals surface area contributed by atoms with Crippen molar-refractivity contribution in [2.45, 2.75) is 25.4 Å². The summed E-state index contributed by atoms with van der Waals surface area (Å²) in [4.78, 5) is 8.97. The van der Waals surface area contributed by atoms with E-state index in [9.17, 15) is 0 Å². The molecule has 2 aliphatic rings. The molecule has 1 aliphatic carbocycles. The molecule has 0 aromatic heterocycles. The van der Waals surface area contributed by atoms with Gasteiger partial charge in [0.15, 0.2) is 5.96 Å². The van der Waals surface area contributed by atoms with Crippen LogP contribution in [0.5, 0.6) is 5.75 Å². The van der Waals surface area contributed by atoms with Gasteiger partial charge in [-0.25, -0.2) is 4.99 Å². The van der Waals surface area contributed by atoms with Crippen molar-refractivity contribution in [1.82, 2.24) is 9.80 Å². The van der Waals surface area contributed by atoms with E-state index in [4.69, 9.17) is 15.2 Å². The summed E-state index contributed by atoms with van der Waals surface area (Å²) in [6.45, 7) is 5.76. The van der Waals surface area contributed by atoms with E-state index in [0.717, 1.165) is 44.2 Å². The van der Waals surface area contributed by atoms with Crippen LogP contribution in [0.1, 0.15) is 18.4 Å². The smallest absolute Gasteiger partial charge is 0.191 e. The SMILES string of the molecule is CN(C(N)=NCc1ccccc1OCCN1CCOCC1)C1CC1. The van der Waals surface area contributed by atoms with Gasteiger partial charge in [-0.3, -0.25) is 4.90 Å². The minimum atomic E-state index is 0.552. The minimum Gasteiger partial charge on any atom is -0.492 e. The first-order valence-electron chi connectivity index (χ1n) is 8.77. The first kappa shape index (κ1) is 17.0. The molecule has 1 aromatic carbocycles. The van der Waals surface area contributed by atoms with Gasteiger partial charge in [0, 0.05) is 38.3 Å². The zero-order valence-corrected chi connectivity index (χ0v) is 14.5. The van der Waals surface area contributed by atoms with Crippen LogP contribution >= 0.6 is 0 Å². The lowest BCUT2D eigenvalue weighted by atomic mass is 10.2. The van der Waals surface area contributed by atoms with Crippen LogP contribution in [0.2, 0.25) is 0 Å². The number of guanidine groups is 1. The van der Waals surface area contributed by atoms with Gasteiger partial charge in [0.05, 0.1) is 19.8 Å². The Bertz CT molecular complexity index is 554. The Morgan fingerprint density at radius 3 is 2.83 bits per heavy atom. The fraction of sp³-hybridized carbons (Fsp3) is 0.611. The molecule has 132 valence electrons. The minimum absolute atomic E-state index is 0.552. The number of hydrogen-bond acceptors (Lipinski definition) is 4. The number of rotatable bonds is 7. The van der Waals surface area contributed by atoms with Crippen LogP contribution in [0.15, 0.2) is 29.3 Å². The molecule has 1 saturated carbocycles. The van der Waals surface area contributed by atoms with Gasteiger partial charge in [0.1, 0.15) is 12.4 Å². The van der Waals surface area contributed by atoms with Crippen molar-refractivity contribution in [3.05, 3.63) is 29.8 Å². The lowest BCUT2D eigenvalue weighted by molar-refractivity contribution is 0.0322. The van der Waals surface area contributed by atoms with Crippen molar-refractivity contribution >= 4 is 5.96 Å². The van der Waals surface area contributed by atoms with Gasteiger partial charge >= 0.3 is 0 Å². The topological polar surface area (TPSA) is 63.3 Å². The van der Waals surface area contributed by atoms with E-state index in [2.05, 4.69) is 20.9 Å². The Hall–Kier alpha value is -1.79. The maximum absolute atomic E-state index is 6.07. The highest BCUT2D eigenvalue weighted by molar-refractivity contribution is 5.78. The van der Waals surface area contributed by atoms with Gasteiger partial charge in [0.25, 0.3) is 0 Å². The second kappa shape index (κ2) is 8.35. The Labute approximate surface area is 144 Å². The molecule has 2 N–H and O–H groups in total. The molecule has 1 aliphatic heterocycles. The Kier molecular flexibility index (Phi) is 5.93. The quantitative estimate of drug-likeness (QED) is 0.602. The predicted molar refractivity (Wildman–Crippen MR) is 95.3 cm³/mol. The summed E-state index contributed by atoms with van der Waals surface area (Å²) in [6, 6.07) is 8.65. The van der Waals surface area contributed by atoms with E-state index in [1.165, 1.54) is 12.8 Å². The van der Waals surface area contributed by atoms with Crippen LogP contribution in [0.4, 0.5) is 0 Å². The highest BCUT2D eigenvalue weighted by Crippen LogP contribution is 2.25. The number of hydrogen-bond donors (Lipinski definition) is 1. The number of ether oxygens (including phenoxy) is 2. The van der Waals surface area contributed by atoms with E-state index in [0.29, 0.717) is 25.2 Å². The molecule has 2 fully saturated rings. The number of aliphatic imine (C=N–C) groups is 1. The average molecular weight is 332 g/mol. The van der Waals surface area contributed by atoms with Crippen LogP contribution in [0.25, 0.3) is 0 Å². The van der Waals surface area contributed by atoms with Gasteiger partial charge in [-0.1, -0.05) is 18.2 Å². The number of morpholine rings is 1. The lowest BCUT2D eigenvalue weighted by Crippen LogP contribution is -2.38. The van der Waals surface area contributed by atoms with Crippen molar-refractivity contribution in [3.8, 4) is 5.75 Å². The summed E-state index contributed by atoms with van der Waals surface area (Å²) < 4.78 is 11.4. The van der Waals surface area contributed by atoms with Crippen molar-refractivity contribution < 1.29 is 9.47 Å². The number of nitrogens with two attached hydrogens (primary N) is 1. The van der Waals surface area contributed by atoms with E-state index in [1.54, 1.807) is 0 Å². The Morgan fingerprint density at radius 1 is 1.33 bits per heavy atom. The molecule has 0 unspecified atom stereocenters. The van der Waals surface area contributed by atoms with E-state index < -0.39 is 0 Å². The average Bonchev–Trinajstić information content (AvgIpc) is 3.46. The molecule has 6 nitrogen and oxygen atoms in total. The fourth-order valence-corrected chi connectivity index (χ4v) is 2.81. The van der Waals surface area contributed by atoms with Crippen molar-refractivity contribution in [3.63, 3.8) is 0 Å². The van der Waals surface area contributed by atoms with Crippen LogP contribution in [-0.2, 0) is 11.3 Å². The van der Waals surface area contributed by atoms with Crippen molar-refractivity contribution in [2.75, 3.05) is 46.5 Å². The van der Waals surface area contributed by atoms with Gasteiger partial charge in [-0.15, -0.1) is 0 Å². The monoisotopic (exact) mass is 332 g/mol. The summed E-state index contributed by atoms with van der Waals surface area (Å²) in [7, 11) is 2.02. The third-order valence-electron chi connectivity index (χ3n) is 4.61. The first-order valence-corrected chi connectivity index (χ1v) is 8.77. The molecule has 0 amide bonds. The molecule has 6 heteroatoms. The molecular weight excluding hydrogens is 304 g/mol. The fourth-order valence-electron chi connectivity index (χ4n) is 2.81. The number of benzene rings is 1. The summed E-state index contributed by atoms with van der Waals surface area (Å²) in [5.74, 6) is 1.51. The van der Waals surface area contributed by atoms with Crippen LogP contribution in [0, 0.1) is 0 Å². The van der Waals surface area contributed by atoms with Gasteiger partial charge < -0.3 is 20.1 Å². The molecule has 24 heavy (non-hydrogen) atoms. The van der Waals surface area contributed by atoms with Crippen molar-refractivity contribution in [2.24, 2.45) is 10.7 Å². The molecular formula is C18H28N4O2. The zero-order chi connectivity index (χ0) is 16.8. The zero-order valence-electron chi connectivity index (χ0n) is 14.5. The Morgan fingerprint density at radius 2 is 2.08 bits per heavy atom. The maximum atomic E-state index is 6.07. The van der Waals surface area contributed by atoms with E-state index in [1.807, 2.05) is 25.2 Å². The van der Waals surface area contributed by atoms with Crippen LogP contribution in [0.3, 0.4) is 0 Å². The highest BCUT2D eigenvalue weighted by atomic mass is 16.5. The molecule has 1 aromatic rings. The summed E-state index contributed by atoms with van der Waals surface area (Å²) in [5.41, 5.74) is 7.15. The van der Waals surface area contributed by atoms with Gasteiger partial charge in [0.2, 0.25) is 0 Å². The number of nitrogens with zero attached hydrogens (tertiary/aromatic N) is 3.